The average Bonchev–Trinajstić information content (AvgIpc) is 2.14. The van der Waals surface area contributed by atoms with Crippen molar-refractivity contribution in [3.05, 3.63) is 21.7 Å². The SMILES string of the molecule is CCc1c(O)nc(CNC(C)C)[nH]c1=O. The third-order valence-corrected chi connectivity index (χ3v) is 2.07. The average molecular weight is 211 g/mol. The molecular formula is C10H17N3O2. The van der Waals surface area contributed by atoms with Crippen LogP contribution in [-0.2, 0) is 13.0 Å². The first kappa shape index (κ1) is 11.7. The minimum absolute atomic E-state index is 0.165. The van der Waals surface area contributed by atoms with E-state index in [-0.39, 0.29) is 11.4 Å². The highest BCUT2D eigenvalue weighted by atomic mass is 16.3. The molecule has 1 aromatic heterocycles. The molecule has 0 saturated heterocycles. The number of rotatable bonds is 4. The summed E-state index contributed by atoms with van der Waals surface area (Å²) >= 11 is 0. The number of nitrogens with one attached hydrogen (secondary N) is 2. The van der Waals surface area contributed by atoms with Crippen LogP contribution in [0.3, 0.4) is 0 Å². The molecule has 0 aliphatic rings. The van der Waals surface area contributed by atoms with E-state index in [1.165, 1.54) is 0 Å². The summed E-state index contributed by atoms with van der Waals surface area (Å²) in [5.41, 5.74) is 0.0776. The Balaban J connectivity index is 2.89. The molecule has 0 unspecified atom stereocenters. The van der Waals surface area contributed by atoms with Gasteiger partial charge in [-0.05, 0) is 6.42 Å². The van der Waals surface area contributed by atoms with Gasteiger partial charge in [-0.1, -0.05) is 20.8 Å². The highest BCUT2D eigenvalue weighted by Gasteiger charge is 2.08. The molecular weight excluding hydrogens is 194 g/mol. The number of H-pyrrole nitrogens is 1. The van der Waals surface area contributed by atoms with E-state index in [0.717, 1.165) is 0 Å². The molecule has 1 rings (SSSR count). The molecule has 0 aliphatic heterocycles. The van der Waals surface area contributed by atoms with Crippen LogP contribution in [0.4, 0.5) is 0 Å². The monoisotopic (exact) mass is 211 g/mol. The van der Waals surface area contributed by atoms with E-state index in [1.54, 1.807) is 6.92 Å². The van der Waals surface area contributed by atoms with Gasteiger partial charge in [-0.15, -0.1) is 0 Å². The third-order valence-electron chi connectivity index (χ3n) is 2.07. The molecule has 0 amide bonds. The van der Waals surface area contributed by atoms with E-state index in [4.69, 9.17) is 0 Å². The van der Waals surface area contributed by atoms with Gasteiger partial charge < -0.3 is 15.4 Å². The fourth-order valence-electron chi connectivity index (χ4n) is 1.23. The van der Waals surface area contributed by atoms with E-state index in [9.17, 15) is 9.90 Å². The molecule has 5 heteroatoms. The van der Waals surface area contributed by atoms with Crippen LogP contribution in [-0.4, -0.2) is 21.1 Å². The minimum Gasteiger partial charge on any atom is -0.493 e. The number of aromatic nitrogens is 2. The summed E-state index contributed by atoms with van der Waals surface area (Å²) < 4.78 is 0. The first-order chi connectivity index (χ1) is 7.04. The zero-order valence-corrected chi connectivity index (χ0v) is 9.29. The molecule has 0 aromatic carbocycles. The molecule has 0 radical (unpaired) electrons. The zero-order chi connectivity index (χ0) is 11.4. The zero-order valence-electron chi connectivity index (χ0n) is 9.29. The van der Waals surface area contributed by atoms with Crippen LogP contribution in [0.2, 0.25) is 0 Å². The number of aromatic hydroxyl groups is 1. The predicted molar refractivity (Wildman–Crippen MR) is 57.9 cm³/mol. The maximum atomic E-state index is 11.5. The molecule has 0 saturated carbocycles. The maximum absolute atomic E-state index is 11.5. The van der Waals surface area contributed by atoms with E-state index in [1.807, 2.05) is 13.8 Å². The van der Waals surface area contributed by atoms with Crippen molar-refractivity contribution in [1.29, 1.82) is 0 Å². The molecule has 5 nitrogen and oxygen atoms in total. The van der Waals surface area contributed by atoms with Gasteiger partial charge in [-0.3, -0.25) is 4.79 Å². The number of aromatic amines is 1. The summed E-state index contributed by atoms with van der Waals surface area (Å²) in [6.07, 6.45) is 0.478. The van der Waals surface area contributed by atoms with Crippen LogP contribution < -0.4 is 10.9 Å². The molecule has 0 fully saturated rings. The lowest BCUT2D eigenvalue weighted by Gasteiger charge is -2.08. The summed E-state index contributed by atoms with van der Waals surface area (Å²) in [7, 11) is 0. The summed E-state index contributed by atoms with van der Waals surface area (Å²) in [6.45, 7) is 6.25. The second kappa shape index (κ2) is 4.93. The molecule has 1 aromatic rings. The number of hydrogen-bond donors (Lipinski definition) is 3. The first-order valence-corrected chi connectivity index (χ1v) is 5.09. The van der Waals surface area contributed by atoms with Gasteiger partial charge in [0.25, 0.3) is 5.56 Å². The van der Waals surface area contributed by atoms with Crippen LogP contribution >= 0.6 is 0 Å². The van der Waals surface area contributed by atoms with Crippen LogP contribution in [0.15, 0.2) is 4.79 Å². The maximum Gasteiger partial charge on any atom is 0.257 e. The molecule has 1 heterocycles. The lowest BCUT2D eigenvalue weighted by molar-refractivity contribution is 0.437. The second-order valence-electron chi connectivity index (χ2n) is 3.70. The first-order valence-electron chi connectivity index (χ1n) is 5.09. The van der Waals surface area contributed by atoms with Gasteiger partial charge in [-0.25, -0.2) is 0 Å². The van der Waals surface area contributed by atoms with Crippen molar-refractivity contribution >= 4 is 0 Å². The Labute approximate surface area is 88.6 Å². The second-order valence-corrected chi connectivity index (χ2v) is 3.70. The van der Waals surface area contributed by atoms with Gasteiger partial charge in [0.2, 0.25) is 5.88 Å². The molecule has 0 atom stereocenters. The Hall–Kier alpha value is -1.36. The standard InChI is InChI=1S/C10H17N3O2/c1-4-7-9(14)12-8(13-10(7)15)5-11-6(2)3/h6,11H,4-5H2,1-3H3,(H2,12,13,14,15). The van der Waals surface area contributed by atoms with E-state index in [0.29, 0.717) is 30.4 Å². The quantitative estimate of drug-likeness (QED) is 0.679. The van der Waals surface area contributed by atoms with Crippen LogP contribution in [0.25, 0.3) is 0 Å². The largest absolute Gasteiger partial charge is 0.493 e. The number of nitrogens with zero attached hydrogens (tertiary/aromatic N) is 1. The summed E-state index contributed by atoms with van der Waals surface area (Å²) in [4.78, 5) is 18.0. The van der Waals surface area contributed by atoms with Crippen molar-refractivity contribution in [3.8, 4) is 5.88 Å². The fraction of sp³-hybridized carbons (Fsp3) is 0.600. The minimum atomic E-state index is -0.259. The lowest BCUT2D eigenvalue weighted by atomic mass is 10.2. The molecule has 84 valence electrons. The summed E-state index contributed by atoms with van der Waals surface area (Å²) in [5.74, 6) is 0.296. The van der Waals surface area contributed by atoms with Crippen molar-refractivity contribution in [2.75, 3.05) is 0 Å². The van der Waals surface area contributed by atoms with Crippen LogP contribution in [0, 0.1) is 0 Å². The van der Waals surface area contributed by atoms with Crippen molar-refractivity contribution in [2.24, 2.45) is 0 Å². The molecule has 3 N–H and O–H groups in total. The van der Waals surface area contributed by atoms with Gasteiger partial charge in [0.1, 0.15) is 5.82 Å². The van der Waals surface area contributed by atoms with E-state index in [2.05, 4.69) is 15.3 Å². The third kappa shape index (κ3) is 3.06. The Morgan fingerprint density at radius 1 is 1.53 bits per heavy atom. The summed E-state index contributed by atoms with van der Waals surface area (Å²) in [5, 5.41) is 12.6. The Morgan fingerprint density at radius 2 is 2.20 bits per heavy atom. The highest BCUT2D eigenvalue weighted by Crippen LogP contribution is 2.08. The van der Waals surface area contributed by atoms with E-state index >= 15 is 0 Å². The molecule has 0 bridgehead atoms. The Morgan fingerprint density at radius 3 is 2.67 bits per heavy atom. The normalized spacial score (nSPS) is 10.9. The fourth-order valence-corrected chi connectivity index (χ4v) is 1.23. The Bertz CT molecular complexity index is 385. The number of hydrogen-bond acceptors (Lipinski definition) is 4. The van der Waals surface area contributed by atoms with Gasteiger partial charge in [0.15, 0.2) is 0 Å². The van der Waals surface area contributed by atoms with Gasteiger partial charge >= 0.3 is 0 Å². The van der Waals surface area contributed by atoms with Crippen molar-refractivity contribution in [1.82, 2.24) is 15.3 Å². The predicted octanol–water partition coefficient (Wildman–Crippen LogP) is 0.536. The molecule has 0 aliphatic carbocycles. The molecule has 15 heavy (non-hydrogen) atoms. The molecule has 0 spiro atoms. The topological polar surface area (TPSA) is 78.0 Å². The van der Waals surface area contributed by atoms with Crippen molar-refractivity contribution in [2.45, 2.75) is 39.8 Å². The lowest BCUT2D eigenvalue weighted by Crippen LogP contribution is -2.25. The smallest absolute Gasteiger partial charge is 0.257 e. The Kier molecular flexibility index (Phi) is 3.85. The van der Waals surface area contributed by atoms with Gasteiger partial charge in [-0.2, -0.15) is 4.98 Å². The van der Waals surface area contributed by atoms with Crippen molar-refractivity contribution in [3.63, 3.8) is 0 Å². The van der Waals surface area contributed by atoms with Crippen LogP contribution in [0.5, 0.6) is 5.88 Å². The van der Waals surface area contributed by atoms with Gasteiger partial charge in [0, 0.05) is 6.04 Å². The van der Waals surface area contributed by atoms with Crippen molar-refractivity contribution < 1.29 is 5.11 Å². The summed E-state index contributed by atoms with van der Waals surface area (Å²) in [6, 6.07) is 0.309. The van der Waals surface area contributed by atoms with Gasteiger partial charge in [0.05, 0.1) is 12.1 Å². The highest BCUT2D eigenvalue weighted by molar-refractivity contribution is 5.22. The van der Waals surface area contributed by atoms with E-state index < -0.39 is 0 Å². The van der Waals surface area contributed by atoms with Crippen LogP contribution in [0.1, 0.15) is 32.2 Å².